The van der Waals surface area contributed by atoms with E-state index >= 15 is 0 Å². The molecule has 0 radical (unpaired) electrons. The van der Waals surface area contributed by atoms with E-state index in [-0.39, 0.29) is 0 Å². The van der Waals surface area contributed by atoms with Gasteiger partial charge in [-0.3, -0.25) is 0 Å². The van der Waals surface area contributed by atoms with Gasteiger partial charge in [0.1, 0.15) is 0 Å². The number of nitriles is 1. The second-order valence-corrected chi connectivity index (χ2v) is 0. The predicted octanol–water partition coefficient (Wildman–Crippen LogP) is 0.389. The normalized spacial score (nSPS) is 1.00. The molecule has 20 valence electrons. The monoisotopic (exact) mass is 53.0 g/mol. The molecule has 0 aliphatic heterocycles. The molecule has 0 aliphatic rings. The molecule has 0 heterocycles. The molecule has 0 fully saturated rings. The first-order chi connectivity index (χ1) is 2.00. The molecule has 0 amide bonds. The first kappa shape index (κ1) is 11.6. The van der Waals surface area contributed by atoms with Crippen molar-refractivity contribution < 1.29 is 0 Å². The Morgan fingerprint density at radius 1 is 1.00 bits per heavy atom. The SMILES string of the molecule is C#C.C#N. The van der Waals surface area contributed by atoms with Gasteiger partial charge in [-0.05, 0) is 0 Å². The van der Waals surface area contributed by atoms with E-state index in [1.165, 1.54) is 0 Å². The summed E-state index contributed by atoms with van der Waals surface area (Å²) in [5, 5.41) is 6.50. The predicted molar refractivity (Wildman–Crippen MR) is 16.6 cm³/mol. The van der Waals surface area contributed by atoms with Crippen LogP contribution in [0.2, 0.25) is 0 Å². The van der Waals surface area contributed by atoms with Crippen molar-refractivity contribution in [1.82, 2.24) is 0 Å². The Morgan fingerprint density at radius 2 is 1.00 bits per heavy atom. The molecule has 0 atom stereocenters. The van der Waals surface area contributed by atoms with Crippen molar-refractivity contribution in [3.8, 4) is 19.4 Å². The van der Waals surface area contributed by atoms with Crippen molar-refractivity contribution in [3.63, 3.8) is 0 Å². The Morgan fingerprint density at radius 3 is 1.00 bits per heavy atom. The summed E-state index contributed by atoms with van der Waals surface area (Å²) in [5.41, 5.74) is 0. The van der Waals surface area contributed by atoms with Gasteiger partial charge in [0.15, 0.2) is 0 Å². The van der Waals surface area contributed by atoms with Gasteiger partial charge in [0, 0.05) is 6.57 Å². The molecule has 0 unspecified atom stereocenters. The van der Waals surface area contributed by atoms with Crippen LogP contribution < -0.4 is 0 Å². The van der Waals surface area contributed by atoms with Crippen LogP contribution in [0, 0.1) is 24.7 Å². The molecule has 0 spiro atoms. The summed E-state index contributed by atoms with van der Waals surface area (Å²) >= 11 is 0. The van der Waals surface area contributed by atoms with Gasteiger partial charge in [-0.15, -0.1) is 12.8 Å². The maximum Gasteiger partial charge on any atom is 0.0462 e. The van der Waals surface area contributed by atoms with Crippen molar-refractivity contribution in [2.75, 3.05) is 0 Å². The fourth-order valence-corrected chi connectivity index (χ4v) is 0. The molecule has 0 aromatic carbocycles. The van der Waals surface area contributed by atoms with Crippen molar-refractivity contribution in [3.05, 3.63) is 0 Å². The quantitative estimate of drug-likeness (QED) is 0.366. The van der Waals surface area contributed by atoms with Crippen molar-refractivity contribution in [2.45, 2.75) is 0 Å². The topological polar surface area (TPSA) is 23.8 Å². The van der Waals surface area contributed by atoms with Gasteiger partial charge in [-0.2, -0.15) is 0 Å². The standard InChI is InChI=1S/C2H2.CHN/c2*1-2/h1-2H;1H. The van der Waals surface area contributed by atoms with Crippen LogP contribution in [0.15, 0.2) is 0 Å². The zero-order valence-corrected chi connectivity index (χ0v) is 2.18. The van der Waals surface area contributed by atoms with Gasteiger partial charge >= 0.3 is 0 Å². The van der Waals surface area contributed by atoms with Crippen LogP contribution in [0.5, 0.6) is 0 Å². The number of hydrogen-bond donors (Lipinski definition) is 0. The molecule has 0 aliphatic carbocycles. The van der Waals surface area contributed by atoms with Crippen molar-refractivity contribution in [2.24, 2.45) is 0 Å². The highest BCUT2D eigenvalue weighted by molar-refractivity contribution is 4.47. The van der Waals surface area contributed by atoms with Crippen molar-refractivity contribution >= 4 is 0 Å². The van der Waals surface area contributed by atoms with Crippen LogP contribution in [-0.4, -0.2) is 0 Å². The molecule has 0 saturated carbocycles. The zero-order chi connectivity index (χ0) is 4.00. The zero-order valence-electron chi connectivity index (χ0n) is 2.18. The van der Waals surface area contributed by atoms with Gasteiger partial charge in [0.2, 0.25) is 0 Å². The minimum atomic E-state index is 3.50. The smallest absolute Gasteiger partial charge is 0.0462 e. The van der Waals surface area contributed by atoms with Crippen molar-refractivity contribution in [1.29, 1.82) is 5.26 Å². The summed E-state index contributed by atoms with van der Waals surface area (Å²) < 4.78 is 0. The van der Waals surface area contributed by atoms with Crippen LogP contribution >= 0.6 is 0 Å². The molecule has 1 heteroatoms. The third-order valence-electron chi connectivity index (χ3n) is 0. The Labute approximate surface area is 25.9 Å². The molecule has 0 bridgehead atoms. The fraction of sp³-hybridized carbons (Fsp3) is 0. The number of hydrogen-bond acceptors (Lipinski definition) is 1. The first-order valence-corrected chi connectivity index (χ1v) is 0.592. The average molecular weight is 53.1 g/mol. The largest absolute Gasteiger partial charge is 0.202 e. The lowest BCUT2D eigenvalue weighted by Crippen LogP contribution is -0.576. The van der Waals surface area contributed by atoms with E-state index in [1.54, 1.807) is 0 Å². The summed E-state index contributed by atoms with van der Waals surface area (Å²) in [5.74, 6) is 0. The summed E-state index contributed by atoms with van der Waals surface area (Å²) in [7, 11) is 0. The maximum absolute atomic E-state index is 6.50. The minimum Gasteiger partial charge on any atom is -0.202 e. The molecular weight excluding hydrogens is 50.0 g/mol. The van der Waals surface area contributed by atoms with Gasteiger partial charge < -0.3 is 0 Å². The number of rotatable bonds is 0. The van der Waals surface area contributed by atoms with Crippen LogP contribution in [0.3, 0.4) is 0 Å². The van der Waals surface area contributed by atoms with Gasteiger partial charge in [-0.1, -0.05) is 0 Å². The molecule has 0 aromatic rings. The molecule has 0 aromatic heterocycles. The van der Waals surface area contributed by atoms with Crippen LogP contribution in [0.4, 0.5) is 0 Å². The molecule has 0 saturated heterocycles. The molecule has 0 N–H and O–H groups in total. The maximum atomic E-state index is 6.50. The van der Waals surface area contributed by atoms with Crippen LogP contribution in [-0.2, 0) is 0 Å². The summed E-state index contributed by atoms with van der Waals surface area (Å²) in [6.45, 7) is 3.50. The molecule has 0 rings (SSSR count). The Balaban J connectivity index is 0. The van der Waals surface area contributed by atoms with Gasteiger partial charge in [-0.25, -0.2) is 5.26 Å². The van der Waals surface area contributed by atoms with E-state index in [0.29, 0.717) is 0 Å². The number of terminal acetylenes is 1. The third kappa shape index (κ3) is 0.00291. The summed E-state index contributed by atoms with van der Waals surface area (Å²) in [6.07, 6.45) is 8.00. The van der Waals surface area contributed by atoms with E-state index < -0.39 is 0 Å². The lowest BCUT2D eigenvalue weighted by Gasteiger charge is -0.701. The van der Waals surface area contributed by atoms with Crippen LogP contribution in [0.1, 0.15) is 0 Å². The lowest BCUT2D eigenvalue weighted by atomic mass is 11.4. The second-order valence-electron chi connectivity index (χ2n) is 0. The highest BCUT2D eigenvalue weighted by Gasteiger charge is 0.513. The minimum absolute atomic E-state index is 3.50. The van der Waals surface area contributed by atoms with Gasteiger partial charge in [0.05, 0.1) is 0 Å². The Kier molecular flexibility index (Phi) is 7.28. The highest BCUT2D eigenvalue weighted by atomic mass is 14.2. The second kappa shape index (κ2) is 2.50. The molecule has 1 nitrogen and oxygen atoms in total. The van der Waals surface area contributed by atoms with E-state index in [4.69, 9.17) is 5.26 Å². The van der Waals surface area contributed by atoms with Gasteiger partial charge in [0.25, 0.3) is 0 Å². The average Bonchev–Trinajstić information content (AvgIpc) is 1.50. The summed E-state index contributed by atoms with van der Waals surface area (Å²) in [6, 6.07) is 0. The molecular formula is C3H3N. The molecule has 4 heavy (non-hydrogen) atoms. The van der Waals surface area contributed by atoms with Crippen LogP contribution in [0.25, 0.3) is 0 Å². The lowest BCUT2D eigenvalue weighted by molar-refractivity contribution is 1.58. The van der Waals surface area contributed by atoms with E-state index in [2.05, 4.69) is 19.4 Å². The van der Waals surface area contributed by atoms with E-state index in [1.807, 2.05) is 0 Å². The first-order valence-electron chi connectivity index (χ1n) is 0.592. The Bertz CT molecular complexity index is 18.8. The van der Waals surface area contributed by atoms with E-state index in [0.717, 1.165) is 0 Å². The summed E-state index contributed by atoms with van der Waals surface area (Å²) in [4.78, 5) is 0. The highest BCUT2D eigenvalue weighted by Crippen LogP contribution is 0.586. The fourth-order valence-electron chi connectivity index (χ4n) is 0. The number of nitrogens with zero attached hydrogens (tertiary/aromatic N) is 1. The third-order valence-corrected chi connectivity index (χ3v) is 0. The Hall–Kier alpha value is -0.950. The van der Waals surface area contributed by atoms with E-state index in [9.17, 15) is 0 Å².